The van der Waals surface area contributed by atoms with Crippen LogP contribution in [0.3, 0.4) is 0 Å². The molecule has 0 aromatic heterocycles. The summed E-state index contributed by atoms with van der Waals surface area (Å²) in [5.41, 5.74) is 4.00. The average molecular weight is 457 g/mol. The maximum atomic E-state index is 12.8. The maximum Gasteiger partial charge on any atom is 0.260 e. The summed E-state index contributed by atoms with van der Waals surface area (Å²) in [6, 6.07) is 29.6. The van der Waals surface area contributed by atoms with Gasteiger partial charge in [0.25, 0.3) is 5.91 Å². The van der Waals surface area contributed by atoms with Crippen LogP contribution < -0.4 is 4.74 Å². The first-order chi connectivity index (χ1) is 16.5. The van der Waals surface area contributed by atoms with E-state index in [1.165, 1.54) is 16.7 Å². The number of benzene rings is 3. The summed E-state index contributed by atoms with van der Waals surface area (Å²) < 4.78 is 5.83. The molecule has 0 radical (unpaired) electrons. The van der Waals surface area contributed by atoms with Crippen molar-refractivity contribution < 1.29 is 9.53 Å². The summed E-state index contributed by atoms with van der Waals surface area (Å²) in [5, 5.41) is 0. The highest BCUT2D eigenvalue weighted by Gasteiger charge is 2.28. The van der Waals surface area contributed by atoms with Gasteiger partial charge in [0, 0.05) is 26.2 Å². The summed E-state index contributed by atoms with van der Waals surface area (Å²) >= 11 is 0. The van der Waals surface area contributed by atoms with Gasteiger partial charge in [-0.05, 0) is 40.7 Å². The Morgan fingerprint density at radius 3 is 1.85 bits per heavy atom. The lowest BCUT2D eigenvalue weighted by molar-refractivity contribution is -0.135. The van der Waals surface area contributed by atoms with Crippen molar-refractivity contribution in [1.29, 1.82) is 0 Å². The third kappa shape index (κ3) is 5.68. The standard InChI is InChI=1S/C30H36N2O2/c1-4-30(2,3)26-15-17-27(18-16-26)34-23-28(33)31-19-21-32(22-20-31)29(24-11-7-5-8-12-24)25-13-9-6-10-14-25/h5-18,29H,4,19-23H2,1-3H3. The Labute approximate surface area is 204 Å². The maximum absolute atomic E-state index is 12.8. The Morgan fingerprint density at radius 1 is 0.824 bits per heavy atom. The third-order valence-electron chi connectivity index (χ3n) is 7.14. The van der Waals surface area contributed by atoms with Gasteiger partial charge in [-0.3, -0.25) is 9.69 Å². The Balaban J connectivity index is 1.34. The van der Waals surface area contributed by atoms with Crippen LogP contribution >= 0.6 is 0 Å². The summed E-state index contributed by atoms with van der Waals surface area (Å²) in [6.07, 6.45) is 1.08. The van der Waals surface area contributed by atoms with Gasteiger partial charge < -0.3 is 9.64 Å². The summed E-state index contributed by atoms with van der Waals surface area (Å²) in [4.78, 5) is 17.2. The highest BCUT2D eigenvalue weighted by atomic mass is 16.5. The molecule has 178 valence electrons. The lowest BCUT2D eigenvalue weighted by Gasteiger charge is -2.39. The van der Waals surface area contributed by atoms with Crippen molar-refractivity contribution >= 4 is 5.91 Å². The highest BCUT2D eigenvalue weighted by molar-refractivity contribution is 5.77. The van der Waals surface area contributed by atoms with Crippen LogP contribution in [0.2, 0.25) is 0 Å². The number of nitrogens with zero attached hydrogens (tertiary/aromatic N) is 2. The van der Waals surface area contributed by atoms with Crippen LogP contribution in [0, 0.1) is 0 Å². The average Bonchev–Trinajstić information content (AvgIpc) is 2.89. The fourth-order valence-electron chi connectivity index (χ4n) is 4.56. The molecule has 0 N–H and O–H groups in total. The number of carbonyl (C=O) groups is 1. The molecule has 0 spiro atoms. The molecule has 0 unspecified atom stereocenters. The predicted octanol–water partition coefficient (Wildman–Crippen LogP) is 5.69. The molecule has 3 aromatic carbocycles. The van der Waals surface area contributed by atoms with Gasteiger partial charge in [-0.2, -0.15) is 0 Å². The molecular weight excluding hydrogens is 420 g/mol. The van der Waals surface area contributed by atoms with Crippen LogP contribution in [0.4, 0.5) is 0 Å². The highest BCUT2D eigenvalue weighted by Crippen LogP contribution is 2.30. The minimum Gasteiger partial charge on any atom is -0.484 e. The molecule has 0 bridgehead atoms. The molecule has 0 atom stereocenters. The molecule has 0 aliphatic carbocycles. The number of rotatable bonds is 8. The van der Waals surface area contributed by atoms with Gasteiger partial charge in [0.05, 0.1) is 6.04 Å². The molecule has 34 heavy (non-hydrogen) atoms. The monoisotopic (exact) mass is 456 g/mol. The first-order valence-corrected chi connectivity index (χ1v) is 12.3. The van der Waals surface area contributed by atoms with Crippen LogP contribution in [0.5, 0.6) is 5.75 Å². The van der Waals surface area contributed by atoms with Crippen molar-refractivity contribution in [3.63, 3.8) is 0 Å². The van der Waals surface area contributed by atoms with E-state index in [0.29, 0.717) is 13.1 Å². The Morgan fingerprint density at radius 2 is 1.35 bits per heavy atom. The number of carbonyl (C=O) groups excluding carboxylic acids is 1. The molecule has 1 saturated heterocycles. The van der Waals surface area contributed by atoms with E-state index in [9.17, 15) is 4.79 Å². The summed E-state index contributed by atoms with van der Waals surface area (Å²) in [7, 11) is 0. The minimum absolute atomic E-state index is 0.0496. The van der Waals surface area contributed by atoms with Gasteiger partial charge in [0.1, 0.15) is 5.75 Å². The van der Waals surface area contributed by atoms with E-state index in [4.69, 9.17) is 4.74 Å². The molecule has 1 fully saturated rings. The van der Waals surface area contributed by atoms with E-state index in [0.717, 1.165) is 25.3 Å². The molecule has 0 saturated carbocycles. The van der Waals surface area contributed by atoms with Gasteiger partial charge in [-0.1, -0.05) is 93.6 Å². The van der Waals surface area contributed by atoms with Crippen molar-refractivity contribution in [1.82, 2.24) is 9.80 Å². The van der Waals surface area contributed by atoms with Crippen LogP contribution in [-0.2, 0) is 10.2 Å². The molecule has 4 rings (SSSR count). The van der Waals surface area contributed by atoms with Crippen LogP contribution in [0.25, 0.3) is 0 Å². The second-order valence-corrected chi connectivity index (χ2v) is 9.69. The van der Waals surface area contributed by atoms with Gasteiger partial charge in [0.2, 0.25) is 0 Å². The summed E-state index contributed by atoms with van der Waals surface area (Å²) in [5.74, 6) is 0.796. The van der Waals surface area contributed by atoms with E-state index in [1.807, 2.05) is 17.0 Å². The van der Waals surface area contributed by atoms with E-state index in [2.05, 4.69) is 98.5 Å². The van der Waals surface area contributed by atoms with Gasteiger partial charge in [0.15, 0.2) is 6.61 Å². The number of ether oxygens (including phenoxy) is 1. The molecule has 1 aliphatic rings. The van der Waals surface area contributed by atoms with Gasteiger partial charge >= 0.3 is 0 Å². The summed E-state index contributed by atoms with van der Waals surface area (Å²) in [6.45, 7) is 9.85. The predicted molar refractivity (Wildman–Crippen MR) is 138 cm³/mol. The smallest absolute Gasteiger partial charge is 0.260 e. The quantitative estimate of drug-likeness (QED) is 0.437. The molecular formula is C30H36N2O2. The van der Waals surface area contributed by atoms with Crippen molar-refractivity contribution in [2.75, 3.05) is 32.8 Å². The Kier molecular flexibility index (Phi) is 7.69. The van der Waals surface area contributed by atoms with Crippen molar-refractivity contribution in [2.45, 2.75) is 38.6 Å². The molecule has 3 aromatic rings. The van der Waals surface area contributed by atoms with Crippen LogP contribution in [0.1, 0.15) is 49.9 Å². The fraction of sp³-hybridized carbons (Fsp3) is 0.367. The number of hydrogen-bond acceptors (Lipinski definition) is 3. The first kappa shape index (κ1) is 24.0. The minimum atomic E-state index is 0.0496. The molecule has 4 heteroatoms. The van der Waals surface area contributed by atoms with E-state index >= 15 is 0 Å². The third-order valence-corrected chi connectivity index (χ3v) is 7.14. The number of hydrogen-bond donors (Lipinski definition) is 0. The first-order valence-electron chi connectivity index (χ1n) is 12.3. The van der Waals surface area contributed by atoms with E-state index in [1.54, 1.807) is 0 Å². The zero-order valence-corrected chi connectivity index (χ0v) is 20.6. The number of piperazine rings is 1. The van der Waals surface area contributed by atoms with Crippen molar-refractivity contribution in [2.24, 2.45) is 0 Å². The van der Waals surface area contributed by atoms with Crippen molar-refractivity contribution in [3.05, 3.63) is 102 Å². The fourth-order valence-corrected chi connectivity index (χ4v) is 4.56. The van der Waals surface area contributed by atoms with E-state index in [-0.39, 0.29) is 24.0 Å². The largest absolute Gasteiger partial charge is 0.484 e. The van der Waals surface area contributed by atoms with Crippen LogP contribution in [0.15, 0.2) is 84.9 Å². The second kappa shape index (κ2) is 10.9. The second-order valence-electron chi connectivity index (χ2n) is 9.69. The normalized spacial score (nSPS) is 14.9. The molecule has 1 aliphatic heterocycles. The number of amides is 1. The lowest BCUT2D eigenvalue weighted by atomic mass is 9.82. The van der Waals surface area contributed by atoms with Gasteiger partial charge in [-0.25, -0.2) is 0 Å². The SMILES string of the molecule is CCC(C)(C)c1ccc(OCC(=O)N2CCN(C(c3ccccc3)c3ccccc3)CC2)cc1. The lowest BCUT2D eigenvalue weighted by Crippen LogP contribution is -2.51. The zero-order chi connectivity index (χ0) is 24.0. The van der Waals surface area contributed by atoms with Crippen LogP contribution in [-0.4, -0.2) is 48.5 Å². The zero-order valence-electron chi connectivity index (χ0n) is 20.6. The molecule has 1 amide bonds. The Bertz CT molecular complexity index is 1000. The van der Waals surface area contributed by atoms with E-state index < -0.39 is 0 Å². The molecule has 1 heterocycles. The Hall–Kier alpha value is -3.11. The van der Waals surface area contributed by atoms with Crippen molar-refractivity contribution in [3.8, 4) is 5.75 Å². The topological polar surface area (TPSA) is 32.8 Å². The van der Waals surface area contributed by atoms with Gasteiger partial charge in [-0.15, -0.1) is 0 Å². The molecule has 4 nitrogen and oxygen atoms in total.